The molecular formula is C16H18OS. The molecule has 0 amide bonds. The van der Waals surface area contributed by atoms with Crippen molar-refractivity contribution in [2.45, 2.75) is 17.7 Å². The van der Waals surface area contributed by atoms with Gasteiger partial charge in [-0.15, -0.1) is 11.8 Å². The fraction of sp³-hybridized carbons (Fsp3) is 0.250. The summed E-state index contributed by atoms with van der Waals surface area (Å²) < 4.78 is 5.15. The molecule has 0 aromatic heterocycles. The summed E-state index contributed by atoms with van der Waals surface area (Å²) in [5.41, 5.74) is 1.40. The molecule has 0 N–H and O–H groups in total. The van der Waals surface area contributed by atoms with Crippen LogP contribution in [0, 0.1) is 0 Å². The summed E-state index contributed by atoms with van der Waals surface area (Å²) in [5.74, 6) is 2.57. The van der Waals surface area contributed by atoms with Crippen LogP contribution in [0.5, 0.6) is 5.75 Å². The Balaban J connectivity index is 1.91. The maximum atomic E-state index is 5.15. The lowest BCUT2D eigenvalue weighted by Gasteiger charge is -2.11. The molecule has 1 nitrogen and oxygen atoms in total. The monoisotopic (exact) mass is 258 g/mol. The molecule has 94 valence electrons. The highest BCUT2D eigenvalue weighted by Gasteiger charge is 2.05. The second-order valence-electron chi connectivity index (χ2n) is 4.30. The highest BCUT2D eigenvalue weighted by atomic mass is 32.2. The predicted octanol–water partition coefficient (Wildman–Crippen LogP) is 4.59. The molecule has 1 atom stereocenters. The van der Waals surface area contributed by atoms with E-state index in [4.69, 9.17) is 4.74 Å². The van der Waals surface area contributed by atoms with E-state index in [0.29, 0.717) is 5.92 Å². The van der Waals surface area contributed by atoms with Crippen molar-refractivity contribution in [1.29, 1.82) is 0 Å². The molecule has 0 saturated carbocycles. The van der Waals surface area contributed by atoms with Gasteiger partial charge in [0.2, 0.25) is 0 Å². The van der Waals surface area contributed by atoms with Crippen LogP contribution in [0.15, 0.2) is 59.5 Å². The molecule has 0 bridgehead atoms. The Kier molecular flexibility index (Phi) is 4.71. The summed E-state index contributed by atoms with van der Waals surface area (Å²) in [6.07, 6.45) is 0. The second-order valence-corrected chi connectivity index (χ2v) is 5.39. The Morgan fingerprint density at radius 2 is 1.67 bits per heavy atom. The fourth-order valence-corrected chi connectivity index (χ4v) is 2.73. The second kappa shape index (κ2) is 6.50. The zero-order valence-electron chi connectivity index (χ0n) is 10.8. The minimum absolute atomic E-state index is 0.568. The topological polar surface area (TPSA) is 9.23 Å². The molecule has 2 aromatic rings. The van der Waals surface area contributed by atoms with Crippen LogP contribution in [0.4, 0.5) is 0 Å². The molecule has 0 spiro atoms. The molecule has 0 heterocycles. The van der Waals surface area contributed by atoms with Crippen LogP contribution in [0.1, 0.15) is 18.4 Å². The van der Waals surface area contributed by atoms with E-state index in [2.05, 4.69) is 49.4 Å². The minimum Gasteiger partial charge on any atom is -0.497 e. The van der Waals surface area contributed by atoms with Crippen molar-refractivity contribution >= 4 is 11.8 Å². The van der Waals surface area contributed by atoms with Gasteiger partial charge in [-0.05, 0) is 35.7 Å². The molecule has 2 rings (SSSR count). The van der Waals surface area contributed by atoms with Crippen LogP contribution >= 0.6 is 11.8 Å². The third kappa shape index (κ3) is 3.54. The lowest BCUT2D eigenvalue weighted by Crippen LogP contribution is -1.96. The highest BCUT2D eigenvalue weighted by molar-refractivity contribution is 7.99. The highest BCUT2D eigenvalue weighted by Crippen LogP contribution is 2.27. The fourth-order valence-electron chi connectivity index (χ4n) is 1.77. The summed E-state index contributed by atoms with van der Waals surface area (Å²) in [4.78, 5) is 1.29. The first-order valence-corrected chi connectivity index (χ1v) is 7.10. The number of ether oxygens (including phenoxy) is 1. The van der Waals surface area contributed by atoms with Gasteiger partial charge >= 0.3 is 0 Å². The molecule has 0 saturated heterocycles. The van der Waals surface area contributed by atoms with Crippen LogP contribution in [0.3, 0.4) is 0 Å². The van der Waals surface area contributed by atoms with Gasteiger partial charge in [0.15, 0.2) is 0 Å². The lowest BCUT2D eigenvalue weighted by molar-refractivity contribution is 0.414. The Morgan fingerprint density at radius 3 is 2.28 bits per heavy atom. The Labute approximate surface area is 113 Å². The summed E-state index contributed by atoms with van der Waals surface area (Å²) in [6, 6.07) is 18.9. The van der Waals surface area contributed by atoms with Gasteiger partial charge in [0.25, 0.3) is 0 Å². The number of benzene rings is 2. The average molecular weight is 258 g/mol. The summed E-state index contributed by atoms with van der Waals surface area (Å²) >= 11 is 1.89. The molecule has 2 heteroatoms. The normalized spacial score (nSPS) is 12.1. The third-order valence-corrected chi connectivity index (χ3v) is 4.20. The summed E-state index contributed by atoms with van der Waals surface area (Å²) in [6.45, 7) is 2.27. The van der Waals surface area contributed by atoms with Gasteiger partial charge in [0.05, 0.1) is 7.11 Å². The molecular weight excluding hydrogens is 240 g/mol. The number of hydrogen-bond donors (Lipinski definition) is 0. The molecule has 0 aliphatic rings. The van der Waals surface area contributed by atoms with E-state index in [-0.39, 0.29) is 0 Å². The van der Waals surface area contributed by atoms with E-state index >= 15 is 0 Å². The largest absolute Gasteiger partial charge is 0.497 e. The summed E-state index contributed by atoms with van der Waals surface area (Å²) in [5, 5.41) is 0. The van der Waals surface area contributed by atoms with Crippen LogP contribution in [-0.2, 0) is 0 Å². The smallest absolute Gasteiger partial charge is 0.118 e. The molecule has 0 fully saturated rings. The first-order chi connectivity index (χ1) is 8.79. The van der Waals surface area contributed by atoms with Gasteiger partial charge in [-0.2, -0.15) is 0 Å². The van der Waals surface area contributed by atoms with Crippen LogP contribution in [0.25, 0.3) is 0 Å². The average Bonchev–Trinajstić information content (AvgIpc) is 2.46. The summed E-state index contributed by atoms with van der Waals surface area (Å²) in [7, 11) is 1.69. The maximum absolute atomic E-state index is 5.15. The third-order valence-electron chi connectivity index (χ3n) is 2.93. The zero-order chi connectivity index (χ0) is 12.8. The maximum Gasteiger partial charge on any atom is 0.118 e. The van der Waals surface area contributed by atoms with E-state index in [9.17, 15) is 0 Å². The number of hydrogen-bond acceptors (Lipinski definition) is 2. The number of rotatable bonds is 5. The van der Waals surface area contributed by atoms with Crippen molar-refractivity contribution in [3.8, 4) is 5.75 Å². The van der Waals surface area contributed by atoms with E-state index in [1.54, 1.807) is 7.11 Å². The van der Waals surface area contributed by atoms with Gasteiger partial charge in [-0.1, -0.05) is 37.3 Å². The van der Waals surface area contributed by atoms with Gasteiger partial charge in [0.1, 0.15) is 5.75 Å². The molecule has 2 aromatic carbocycles. The minimum atomic E-state index is 0.568. The van der Waals surface area contributed by atoms with E-state index < -0.39 is 0 Å². The standard InChI is InChI=1S/C16H18OS/c1-13(14-6-4-3-5-7-14)12-18-16-10-8-15(17-2)9-11-16/h3-11,13H,12H2,1-2H3. The molecule has 0 radical (unpaired) electrons. The quantitative estimate of drug-likeness (QED) is 0.725. The first kappa shape index (κ1) is 13.0. The Hall–Kier alpha value is -1.41. The van der Waals surface area contributed by atoms with Crippen molar-refractivity contribution < 1.29 is 4.74 Å². The van der Waals surface area contributed by atoms with Crippen LogP contribution in [-0.4, -0.2) is 12.9 Å². The Bertz CT molecular complexity index is 464. The molecule has 18 heavy (non-hydrogen) atoms. The van der Waals surface area contributed by atoms with Gasteiger partial charge in [-0.3, -0.25) is 0 Å². The lowest BCUT2D eigenvalue weighted by atomic mass is 10.0. The van der Waals surface area contributed by atoms with Crippen molar-refractivity contribution in [2.24, 2.45) is 0 Å². The number of thioether (sulfide) groups is 1. The van der Waals surface area contributed by atoms with Gasteiger partial charge in [0, 0.05) is 10.6 Å². The van der Waals surface area contributed by atoms with Crippen molar-refractivity contribution in [3.05, 3.63) is 60.2 Å². The SMILES string of the molecule is COc1ccc(SCC(C)c2ccccc2)cc1. The van der Waals surface area contributed by atoms with Crippen LogP contribution < -0.4 is 4.74 Å². The Morgan fingerprint density at radius 1 is 1.00 bits per heavy atom. The van der Waals surface area contributed by atoms with E-state index in [1.165, 1.54) is 10.5 Å². The van der Waals surface area contributed by atoms with Crippen molar-refractivity contribution in [1.82, 2.24) is 0 Å². The van der Waals surface area contributed by atoms with E-state index in [1.807, 2.05) is 23.9 Å². The first-order valence-electron chi connectivity index (χ1n) is 6.11. The molecule has 1 unspecified atom stereocenters. The predicted molar refractivity (Wildman–Crippen MR) is 78.6 cm³/mol. The van der Waals surface area contributed by atoms with E-state index in [0.717, 1.165) is 11.5 Å². The number of methoxy groups -OCH3 is 1. The molecule has 0 aliphatic heterocycles. The molecule has 0 aliphatic carbocycles. The van der Waals surface area contributed by atoms with Crippen molar-refractivity contribution in [3.63, 3.8) is 0 Å². The van der Waals surface area contributed by atoms with Crippen molar-refractivity contribution in [2.75, 3.05) is 12.9 Å². The van der Waals surface area contributed by atoms with Crippen LogP contribution in [0.2, 0.25) is 0 Å². The van der Waals surface area contributed by atoms with Gasteiger partial charge < -0.3 is 4.74 Å². The van der Waals surface area contributed by atoms with Gasteiger partial charge in [-0.25, -0.2) is 0 Å². The zero-order valence-corrected chi connectivity index (χ0v) is 11.6.